The molecule has 1 aromatic rings. The van der Waals surface area contributed by atoms with Crippen LogP contribution in [0.4, 0.5) is 5.82 Å². The number of aromatic amines is 1. The van der Waals surface area contributed by atoms with Gasteiger partial charge in [-0.25, -0.2) is 4.98 Å². The van der Waals surface area contributed by atoms with Gasteiger partial charge in [0.15, 0.2) is 0 Å². The fraction of sp³-hybridized carbons (Fsp3) is 0.636. The van der Waals surface area contributed by atoms with E-state index in [0.717, 1.165) is 12.8 Å². The molecule has 1 atom stereocenters. The van der Waals surface area contributed by atoms with Gasteiger partial charge >= 0.3 is 0 Å². The first kappa shape index (κ1) is 14.2. The molecule has 1 rings (SSSR count). The summed E-state index contributed by atoms with van der Waals surface area (Å²) in [4.78, 5) is 17.9. The van der Waals surface area contributed by atoms with Crippen LogP contribution in [0.2, 0.25) is 0 Å². The highest BCUT2D eigenvalue weighted by Crippen LogP contribution is 2.15. The fourth-order valence-corrected chi connectivity index (χ4v) is 2.14. The Labute approximate surface area is 109 Å². The number of nitrogens with two attached hydrogens (primary N) is 1. The summed E-state index contributed by atoms with van der Waals surface area (Å²) in [6.45, 7) is 4.88. The van der Waals surface area contributed by atoms with Crippen molar-refractivity contribution in [2.45, 2.75) is 32.7 Å². The highest BCUT2D eigenvalue weighted by molar-refractivity contribution is 9.10. The molecule has 1 heterocycles. The van der Waals surface area contributed by atoms with Gasteiger partial charge in [-0.05, 0) is 21.8 Å². The fourth-order valence-electron chi connectivity index (χ4n) is 1.78. The SMILES string of the molecule is CCC(CC)C(N)CNc1nc[nH]c(=O)c1Br. The summed E-state index contributed by atoms with van der Waals surface area (Å²) < 4.78 is 0.414. The van der Waals surface area contributed by atoms with Gasteiger partial charge in [0.25, 0.3) is 5.56 Å². The summed E-state index contributed by atoms with van der Waals surface area (Å²) in [6, 6.07) is 0.0676. The monoisotopic (exact) mass is 302 g/mol. The molecule has 0 radical (unpaired) electrons. The van der Waals surface area contributed by atoms with Crippen LogP contribution in [0.25, 0.3) is 0 Å². The summed E-state index contributed by atoms with van der Waals surface area (Å²) in [5.41, 5.74) is 5.89. The van der Waals surface area contributed by atoms with E-state index in [1.807, 2.05) is 0 Å². The lowest BCUT2D eigenvalue weighted by Crippen LogP contribution is -2.36. The molecule has 0 amide bonds. The van der Waals surface area contributed by atoms with Crippen molar-refractivity contribution in [1.29, 1.82) is 0 Å². The van der Waals surface area contributed by atoms with E-state index < -0.39 is 0 Å². The number of hydrogen-bond donors (Lipinski definition) is 3. The number of halogens is 1. The minimum Gasteiger partial charge on any atom is -0.367 e. The minimum absolute atomic E-state index is 0.0676. The molecule has 0 saturated heterocycles. The van der Waals surface area contributed by atoms with Gasteiger partial charge in [-0.1, -0.05) is 26.7 Å². The van der Waals surface area contributed by atoms with Crippen LogP contribution >= 0.6 is 15.9 Å². The van der Waals surface area contributed by atoms with Crippen molar-refractivity contribution in [3.8, 4) is 0 Å². The molecule has 0 aliphatic rings. The van der Waals surface area contributed by atoms with E-state index in [2.05, 4.69) is 45.1 Å². The number of nitrogens with one attached hydrogen (secondary N) is 2. The molecule has 0 spiro atoms. The second-order valence-electron chi connectivity index (χ2n) is 4.02. The van der Waals surface area contributed by atoms with E-state index in [1.165, 1.54) is 6.33 Å². The number of hydrogen-bond acceptors (Lipinski definition) is 4. The van der Waals surface area contributed by atoms with E-state index in [9.17, 15) is 4.79 Å². The molecule has 4 N–H and O–H groups in total. The smallest absolute Gasteiger partial charge is 0.267 e. The second kappa shape index (κ2) is 6.76. The zero-order chi connectivity index (χ0) is 12.8. The Morgan fingerprint density at radius 1 is 1.53 bits per heavy atom. The van der Waals surface area contributed by atoms with Crippen molar-refractivity contribution in [2.75, 3.05) is 11.9 Å². The molecule has 96 valence electrons. The van der Waals surface area contributed by atoms with Crippen LogP contribution in [0.5, 0.6) is 0 Å². The minimum atomic E-state index is -0.196. The molecule has 6 heteroatoms. The van der Waals surface area contributed by atoms with Crippen LogP contribution in [0.3, 0.4) is 0 Å². The van der Waals surface area contributed by atoms with Gasteiger partial charge in [0.05, 0.1) is 6.33 Å². The van der Waals surface area contributed by atoms with Crippen LogP contribution in [0, 0.1) is 5.92 Å². The molecule has 0 fully saturated rings. The maximum atomic E-state index is 11.3. The van der Waals surface area contributed by atoms with Gasteiger partial charge in [-0.15, -0.1) is 0 Å². The topological polar surface area (TPSA) is 83.8 Å². The van der Waals surface area contributed by atoms with E-state index in [-0.39, 0.29) is 11.6 Å². The Kier molecular flexibility index (Phi) is 5.64. The van der Waals surface area contributed by atoms with Crippen molar-refractivity contribution in [1.82, 2.24) is 9.97 Å². The van der Waals surface area contributed by atoms with Gasteiger partial charge in [-0.2, -0.15) is 0 Å². The van der Waals surface area contributed by atoms with Crippen molar-refractivity contribution < 1.29 is 0 Å². The van der Waals surface area contributed by atoms with Gasteiger partial charge in [0, 0.05) is 12.6 Å². The molecular weight excluding hydrogens is 284 g/mol. The highest BCUT2D eigenvalue weighted by Gasteiger charge is 2.14. The maximum Gasteiger partial charge on any atom is 0.267 e. The molecule has 0 aliphatic carbocycles. The lowest BCUT2D eigenvalue weighted by atomic mass is 9.95. The number of rotatable bonds is 6. The lowest BCUT2D eigenvalue weighted by Gasteiger charge is -2.21. The molecule has 0 aliphatic heterocycles. The summed E-state index contributed by atoms with van der Waals surface area (Å²) in [6.07, 6.45) is 3.49. The van der Waals surface area contributed by atoms with E-state index >= 15 is 0 Å². The normalized spacial score (nSPS) is 12.8. The lowest BCUT2D eigenvalue weighted by molar-refractivity contribution is 0.407. The molecule has 5 nitrogen and oxygen atoms in total. The van der Waals surface area contributed by atoms with Gasteiger partial charge in [-0.3, -0.25) is 4.79 Å². The summed E-state index contributed by atoms with van der Waals surface area (Å²) >= 11 is 3.19. The predicted molar refractivity (Wildman–Crippen MR) is 73.1 cm³/mol. The number of anilines is 1. The third kappa shape index (κ3) is 3.81. The molecule has 0 bridgehead atoms. The van der Waals surface area contributed by atoms with Crippen LogP contribution < -0.4 is 16.6 Å². The Hall–Kier alpha value is -0.880. The molecule has 1 unspecified atom stereocenters. The zero-order valence-corrected chi connectivity index (χ0v) is 11.8. The Morgan fingerprint density at radius 3 is 2.76 bits per heavy atom. The molecule has 17 heavy (non-hydrogen) atoms. The van der Waals surface area contributed by atoms with Crippen LogP contribution in [0.1, 0.15) is 26.7 Å². The van der Waals surface area contributed by atoms with E-state index in [1.54, 1.807) is 0 Å². The van der Waals surface area contributed by atoms with Crippen LogP contribution in [0.15, 0.2) is 15.6 Å². The zero-order valence-electron chi connectivity index (χ0n) is 10.2. The third-order valence-electron chi connectivity index (χ3n) is 2.96. The molecular formula is C11H19BrN4O. The van der Waals surface area contributed by atoms with Gasteiger partial charge in [0.1, 0.15) is 10.3 Å². The first-order chi connectivity index (χ1) is 8.10. The van der Waals surface area contributed by atoms with Crippen LogP contribution in [-0.2, 0) is 0 Å². The Balaban J connectivity index is 2.61. The van der Waals surface area contributed by atoms with Crippen molar-refractivity contribution in [3.63, 3.8) is 0 Å². The Bertz CT molecular complexity index is 403. The number of nitrogens with zero attached hydrogens (tertiary/aromatic N) is 1. The summed E-state index contributed by atoms with van der Waals surface area (Å²) in [7, 11) is 0. The molecule has 1 aromatic heterocycles. The second-order valence-corrected chi connectivity index (χ2v) is 4.81. The first-order valence-corrected chi connectivity index (χ1v) is 6.62. The molecule has 0 aromatic carbocycles. The third-order valence-corrected chi connectivity index (χ3v) is 3.69. The highest BCUT2D eigenvalue weighted by atomic mass is 79.9. The summed E-state index contributed by atoms with van der Waals surface area (Å²) in [5, 5.41) is 3.10. The Morgan fingerprint density at radius 2 is 2.18 bits per heavy atom. The average molecular weight is 303 g/mol. The van der Waals surface area contributed by atoms with Crippen molar-refractivity contribution >= 4 is 21.7 Å². The van der Waals surface area contributed by atoms with E-state index in [0.29, 0.717) is 22.8 Å². The van der Waals surface area contributed by atoms with Crippen molar-refractivity contribution in [2.24, 2.45) is 11.7 Å². The van der Waals surface area contributed by atoms with Gasteiger partial charge in [0.2, 0.25) is 0 Å². The van der Waals surface area contributed by atoms with Gasteiger partial charge < -0.3 is 16.0 Å². The average Bonchev–Trinajstić information content (AvgIpc) is 2.32. The number of H-pyrrole nitrogens is 1. The maximum absolute atomic E-state index is 11.3. The largest absolute Gasteiger partial charge is 0.367 e. The standard InChI is InChI=1S/C11H19BrN4O/c1-3-7(4-2)8(13)5-14-10-9(12)11(17)16-6-15-10/h6-8H,3-5,13H2,1-2H3,(H2,14,15,16,17). The van der Waals surface area contributed by atoms with Crippen LogP contribution in [-0.4, -0.2) is 22.6 Å². The first-order valence-electron chi connectivity index (χ1n) is 5.82. The van der Waals surface area contributed by atoms with E-state index in [4.69, 9.17) is 5.73 Å². The summed E-state index contributed by atoms with van der Waals surface area (Å²) in [5.74, 6) is 1.03. The quantitative estimate of drug-likeness (QED) is 0.747. The molecule has 0 saturated carbocycles. The van der Waals surface area contributed by atoms with Crippen molar-refractivity contribution in [3.05, 3.63) is 21.2 Å². The predicted octanol–water partition coefficient (Wildman–Crippen LogP) is 1.71. The number of aromatic nitrogens is 2.